The summed E-state index contributed by atoms with van der Waals surface area (Å²) in [6.07, 6.45) is 0.841. The van der Waals surface area contributed by atoms with Crippen molar-refractivity contribution in [3.8, 4) is 0 Å². The number of nitrogens with one attached hydrogen (secondary N) is 1. The van der Waals surface area contributed by atoms with Gasteiger partial charge in [0.05, 0.1) is 27.8 Å². The largest absolute Gasteiger partial charge is 0.379 e. The molecule has 0 unspecified atom stereocenters. The standard InChI is InChI=1S/C17H27NO5S2/c1-13(2)23-10-4-9-18-16-11-24(19,20)12-17(16)25(21,22)15-7-5-14(3)6-8-15/h5-8,13,16-18H,4,9-12H2,1-3H3/t16-,17-/m1/s1. The summed E-state index contributed by atoms with van der Waals surface area (Å²) < 4.78 is 55.3. The molecule has 1 heterocycles. The van der Waals surface area contributed by atoms with E-state index in [1.165, 1.54) is 0 Å². The Balaban J connectivity index is 2.09. The first-order chi connectivity index (χ1) is 11.6. The Hall–Kier alpha value is -0.960. The molecule has 1 fully saturated rings. The summed E-state index contributed by atoms with van der Waals surface area (Å²) in [6, 6.07) is 5.95. The number of benzene rings is 1. The van der Waals surface area contributed by atoms with Crippen molar-refractivity contribution in [1.82, 2.24) is 5.32 Å². The monoisotopic (exact) mass is 389 g/mol. The fraction of sp³-hybridized carbons (Fsp3) is 0.647. The van der Waals surface area contributed by atoms with Crippen molar-refractivity contribution in [3.63, 3.8) is 0 Å². The summed E-state index contributed by atoms with van der Waals surface area (Å²) in [4.78, 5) is 0.176. The molecule has 8 heteroatoms. The zero-order chi connectivity index (χ0) is 18.7. The SMILES string of the molecule is Cc1ccc(S(=O)(=O)[C@@H]2CS(=O)(=O)C[C@H]2NCCCOC(C)C)cc1. The van der Waals surface area contributed by atoms with Crippen molar-refractivity contribution in [2.24, 2.45) is 0 Å². The van der Waals surface area contributed by atoms with E-state index in [0.29, 0.717) is 19.6 Å². The molecule has 0 radical (unpaired) electrons. The first-order valence-corrected chi connectivity index (χ1v) is 11.8. The molecular weight excluding hydrogens is 362 g/mol. The molecule has 142 valence electrons. The van der Waals surface area contributed by atoms with Crippen molar-refractivity contribution >= 4 is 19.7 Å². The van der Waals surface area contributed by atoms with Crippen LogP contribution in [0.5, 0.6) is 0 Å². The van der Waals surface area contributed by atoms with Crippen molar-refractivity contribution in [3.05, 3.63) is 29.8 Å². The molecule has 2 atom stereocenters. The smallest absolute Gasteiger partial charge is 0.183 e. The lowest BCUT2D eigenvalue weighted by atomic mass is 10.2. The summed E-state index contributed by atoms with van der Waals surface area (Å²) in [7, 11) is -7.08. The van der Waals surface area contributed by atoms with E-state index in [1.807, 2.05) is 20.8 Å². The van der Waals surface area contributed by atoms with E-state index in [-0.39, 0.29) is 22.5 Å². The lowest BCUT2D eigenvalue weighted by molar-refractivity contribution is 0.0768. The summed E-state index contributed by atoms with van der Waals surface area (Å²) in [5.41, 5.74) is 0.956. The van der Waals surface area contributed by atoms with Gasteiger partial charge >= 0.3 is 0 Å². The molecule has 0 amide bonds. The molecule has 6 nitrogen and oxygen atoms in total. The number of hydrogen-bond donors (Lipinski definition) is 1. The summed E-state index contributed by atoms with van der Waals surface area (Å²) in [5.74, 6) is -0.475. The number of hydrogen-bond acceptors (Lipinski definition) is 6. The van der Waals surface area contributed by atoms with Crippen molar-refractivity contribution in [1.29, 1.82) is 0 Å². The molecular formula is C17H27NO5S2. The molecule has 1 N–H and O–H groups in total. The average molecular weight is 390 g/mol. The van der Waals surface area contributed by atoms with Gasteiger partial charge in [-0.3, -0.25) is 0 Å². The van der Waals surface area contributed by atoms with Crippen LogP contribution in [0.4, 0.5) is 0 Å². The summed E-state index contributed by atoms with van der Waals surface area (Å²) >= 11 is 0. The lowest BCUT2D eigenvalue weighted by Crippen LogP contribution is -2.43. The maximum absolute atomic E-state index is 12.9. The second-order valence-electron chi connectivity index (χ2n) is 6.81. The molecule has 1 aromatic carbocycles. The molecule has 0 aliphatic carbocycles. The third-order valence-electron chi connectivity index (χ3n) is 4.23. The van der Waals surface area contributed by atoms with Crippen LogP contribution in [0.3, 0.4) is 0 Å². The van der Waals surface area contributed by atoms with Gasteiger partial charge in [-0.2, -0.15) is 0 Å². The van der Waals surface area contributed by atoms with Crippen LogP contribution in [0.15, 0.2) is 29.2 Å². The molecule has 1 saturated heterocycles. The van der Waals surface area contributed by atoms with E-state index >= 15 is 0 Å². The quantitative estimate of drug-likeness (QED) is 0.675. The Morgan fingerprint density at radius 2 is 1.84 bits per heavy atom. The van der Waals surface area contributed by atoms with Gasteiger partial charge in [0.15, 0.2) is 19.7 Å². The van der Waals surface area contributed by atoms with Gasteiger partial charge in [0.25, 0.3) is 0 Å². The predicted octanol–water partition coefficient (Wildman–Crippen LogP) is 1.34. The molecule has 0 saturated carbocycles. The molecule has 2 rings (SSSR count). The maximum Gasteiger partial charge on any atom is 0.183 e. The van der Waals surface area contributed by atoms with Gasteiger partial charge in [-0.25, -0.2) is 16.8 Å². The number of aryl methyl sites for hydroxylation is 1. The van der Waals surface area contributed by atoms with Gasteiger partial charge in [-0.1, -0.05) is 17.7 Å². The van der Waals surface area contributed by atoms with Gasteiger partial charge in [-0.15, -0.1) is 0 Å². The van der Waals surface area contributed by atoms with Crippen molar-refractivity contribution < 1.29 is 21.6 Å². The van der Waals surface area contributed by atoms with E-state index < -0.39 is 31.0 Å². The van der Waals surface area contributed by atoms with E-state index in [4.69, 9.17) is 4.74 Å². The molecule has 1 aromatic rings. The van der Waals surface area contributed by atoms with Crippen LogP contribution in [-0.4, -0.2) is 58.9 Å². The van der Waals surface area contributed by atoms with Gasteiger partial charge in [-0.05, 0) is 45.9 Å². The summed E-state index contributed by atoms with van der Waals surface area (Å²) in [5, 5.41) is 2.16. The Morgan fingerprint density at radius 1 is 1.20 bits per heavy atom. The average Bonchev–Trinajstić information content (AvgIpc) is 2.83. The Kier molecular flexibility index (Phi) is 6.64. The van der Waals surface area contributed by atoms with Gasteiger partial charge < -0.3 is 10.1 Å². The molecule has 0 aromatic heterocycles. The van der Waals surface area contributed by atoms with Gasteiger partial charge in [0.1, 0.15) is 0 Å². The highest BCUT2D eigenvalue weighted by atomic mass is 32.2. The summed E-state index contributed by atoms with van der Waals surface area (Å²) in [6.45, 7) is 6.84. The fourth-order valence-electron chi connectivity index (χ4n) is 2.89. The third kappa shape index (κ3) is 5.51. The van der Waals surface area contributed by atoms with Gasteiger partial charge in [0, 0.05) is 12.6 Å². The van der Waals surface area contributed by atoms with Gasteiger partial charge in [0.2, 0.25) is 0 Å². The number of ether oxygens (including phenoxy) is 1. The Morgan fingerprint density at radius 3 is 2.44 bits per heavy atom. The zero-order valence-electron chi connectivity index (χ0n) is 14.9. The number of rotatable bonds is 8. The van der Waals surface area contributed by atoms with Crippen LogP contribution in [0.2, 0.25) is 0 Å². The van der Waals surface area contributed by atoms with E-state index in [0.717, 1.165) is 5.56 Å². The molecule has 0 spiro atoms. The second kappa shape index (κ2) is 8.16. The minimum absolute atomic E-state index is 0.140. The molecule has 25 heavy (non-hydrogen) atoms. The van der Waals surface area contributed by atoms with Crippen LogP contribution in [0.25, 0.3) is 0 Å². The molecule has 0 bridgehead atoms. The fourth-order valence-corrected chi connectivity index (χ4v) is 7.61. The highest BCUT2D eigenvalue weighted by molar-refractivity contribution is 7.96. The van der Waals surface area contributed by atoms with Crippen LogP contribution in [-0.2, 0) is 24.4 Å². The lowest BCUT2D eigenvalue weighted by Gasteiger charge is -2.20. The first kappa shape index (κ1) is 20.4. The second-order valence-corrected chi connectivity index (χ2v) is 11.1. The van der Waals surface area contributed by atoms with E-state index in [1.54, 1.807) is 24.3 Å². The highest BCUT2D eigenvalue weighted by Crippen LogP contribution is 2.26. The zero-order valence-corrected chi connectivity index (χ0v) is 16.6. The maximum atomic E-state index is 12.9. The van der Waals surface area contributed by atoms with E-state index in [2.05, 4.69) is 5.32 Å². The van der Waals surface area contributed by atoms with Crippen LogP contribution in [0, 0.1) is 6.92 Å². The van der Waals surface area contributed by atoms with Crippen molar-refractivity contribution in [2.45, 2.75) is 49.5 Å². The van der Waals surface area contributed by atoms with Crippen LogP contribution >= 0.6 is 0 Å². The molecule has 1 aliphatic rings. The Labute approximate surface area is 150 Å². The highest BCUT2D eigenvalue weighted by Gasteiger charge is 2.45. The van der Waals surface area contributed by atoms with Crippen LogP contribution < -0.4 is 5.32 Å². The number of sulfone groups is 2. The topological polar surface area (TPSA) is 89.5 Å². The molecule has 1 aliphatic heterocycles. The van der Waals surface area contributed by atoms with Crippen LogP contribution in [0.1, 0.15) is 25.8 Å². The third-order valence-corrected chi connectivity index (χ3v) is 8.39. The minimum Gasteiger partial charge on any atom is -0.379 e. The predicted molar refractivity (Wildman–Crippen MR) is 98.3 cm³/mol. The minimum atomic E-state index is -3.70. The van der Waals surface area contributed by atoms with E-state index in [9.17, 15) is 16.8 Å². The van der Waals surface area contributed by atoms with Crippen molar-refractivity contribution in [2.75, 3.05) is 24.7 Å². The normalized spacial score (nSPS) is 23.2. The first-order valence-electron chi connectivity index (χ1n) is 8.48. The Bertz CT molecular complexity index is 770.